The van der Waals surface area contributed by atoms with Gasteiger partial charge in [0.05, 0.1) is 6.54 Å². The number of halogens is 1. The number of nitrogens with zero attached hydrogens (tertiary/aromatic N) is 1. The van der Waals surface area contributed by atoms with Crippen molar-refractivity contribution >= 4 is 17.5 Å². The Morgan fingerprint density at radius 2 is 1.87 bits per heavy atom. The van der Waals surface area contributed by atoms with E-state index in [1.165, 1.54) is 0 Å². The first-order valence-electron chi connectivity index (χ1n) is 7.06. The molecule has 0 aliphatic rings. The van der Waals surface area contributed by atoms with Gasteiger partial charge in [0.1, 0.15) is 0 Å². The topological polar surface area (TPSA) is 52.6 Å². The fourth-order valence-corrected chi connectivity index (χ4v) is 2.44. The molecule has 0 bridgehead atoms. The smallest absolute Gasteiger partial charge is 0.274 e. The average molecular weight is 329 g/mol. The molecular weight excluding hydrogens is 312 g/mol. The number of nitrogens with one attached hydrogen (secondary N) is 1. The standard InChI is InChI=1S/C18H17ClN2O2/c1-2-11-21(13-16-5-3-4-6-17(16)19)12-14-7-9-15(10-8-14)18(22)20-23/h1,3-10,23H,11-13H2,(H,20,22). The molecule has 2 aromatic rings. The Kier molecular flexibility index (Phi) is 6.19. The maximum Gasteiger partial charge on any atom is 0.274 e. The molecule has 2 rings (SSSR count). The summed E-state index contributed by atoms with van der Waals surface area (Å²) in [5, 5.41) is 9.33. The summed E-state index contributed by atoms with van der Waals surface area (Å²) in [5.74, 6) is 2.12. The maximum atomic E-state index is 11.3. The molecule has 0 aromatic heterocycles. The van der Waals surface area contributed by atoms with Crippen LogP contribution in [0.25, 0.3) is 0 Å². The molecule has 2 N–H and O–H groups in total. The van der Waals surface area contributed by atoms with E-state index < -0.39 is 5.91 Å². The largest absolute Gasteiger partial charge is 0.288 e. The molecule has 0 heterocycles. The number of hydrogen-bond acceptors (Lipinski definition) is 3. The van der Waals surface area contributed by atoms with Crippen molar-refractivity contribution in [2.24, 2.45) is 0 Å². The van der Waals surface area contributed by atoms with Gasteiger partial charge in [-0.05, 0) is 29.3 Å². The van der Waals surface area contributed by atoms with Crippen LogP contribution in [0.15, 0.2) is 48.5 Å². The van der Waals surface area contributed by atoms with Gasteiger partial charge in [0.15, 0.2) is 0 Å². The van der Waals surface area contributed by atoms with Crippen LogP contribution < -0.4 is 5.48 Å². The average Bonchev–Trinajstić information content (AvgIpc) is 2.57. The van der Waals surface area contributed by atoms with Gasteiger partial charge in [0.2, 0.25) is 0 Å². The summed E-state index contributed by atoms with van der Waals surface area (Å²) in [4.78, 5) is 13.4. The predicted molar refractivity (Wildman–Crippen MR) is 90.1 cm³/mol. The van der Waals surface area contributed by atoms with Crippen molar-refractivity contribution in [2.45, 2.75) is 13.1 Å². The van der Waals surface area contributed by atoms with Crippen LogP contribution in [0, 0.1) is 12.3 Å². The molecule has 0 unspecified atom stereocenters. The lowest BCUT2D eigenvalue weighted by Gasteiger charge is -2.20. The van der Waals surface area contributed by atoms with Crippen LogP contribution in [0.5, 0.6) is 0 Å². The summed E-state index contributed by atoms with van der Waals surface area (Å²) in [6.45, 7) is 1.77. The van der Waals surface area contributed by atoms with Crippen LogP contribution in [-0.4, -0.2) is 22.6 Å². The maximum absolute atomic E-state index is 11.3. The molecule has 0 aliphatic carbocycles. The second-order valence-electron chi connectivity index (χ2n) is 5.08. The molecule has 0 atom stereocenters. The fraction of sp³-hybridized carbons (Fsp3) is 0.167. The van der Waals surface area contributed by atoms with Crippen LogP contribution in [-0.2, 0) is 13.1 Å². The first-order valence-corrected chi connectivity index (χ1v) is 7.44. The van der Waals surface area contributed by atoms with Crippen molar-refractivity contribution in [3.63, 3.8) is 0 Å². The molecule has 0 saturated carbocycles. The van der Waals surface area contributed by atoms with E-state index in [2.05, 4.69) is 10.8 Å². The van der Waals surface area contributed by atoms with E-state index >= 15 is 0 Å². The Morgan fingerprint density at radius 3 is 2.48 bits per heavy atom. The van der Waals surface area contributed by atoms with Gasteiger partial charge in [-0.1, -0.05) is 47.9 Å². The van der Waals surface area contributed by atoms with Crippen molar-refractivity contribution in [3.8, 4) is 12.3 Å². The van der Waals surface area contributed by atoms with E-state index in [4.69, 9.17) is 23.2 Å². The van der Waals surface area contributed by atoms with Crippen LogP contribution >= 0.6 is 11.6 Å². The highest BCUT2D eigenvalue weighted by atomic mass is 35.5. The van der Waals surface area contributed by atoms with Crippen LogP contribution in [0.1, 0.15) is 21.5 Å². The van der Waals surface area contributed by atoms with E-state index in [0.29, 0.717) is 30.2 Å². The van der Waals surface area contributed by atoms with Crippen molar-refractivity contribution in [2.75, 3.05) is 6.54 Å². The molecular formula is C18H17ClN2O2. The molecule has 0 saturated heterocycles. The molecule has 2 aromatic carbocycles. The molecule has 5 heteroatoms. The highest BCUT2D eigenvalue weighted by Crippen LogP contribution is 2.18. The quantitative estimate of drug-likeness (QED) is 0.487. The summed E-state index contributed by atoms with van der Waals surface area (Å²) in [6, 6.07) is 14.6. The molecule has 0 aliphatic heterocycles. The van der Waals surface area contributed by atoms with Crippen molar-refractivity contribution < 1.29 is 10.0 Å². The molecule has 23 heavy (non-hydrogen) atoms. The second kappa shape index (κ2) is 8.35. The highest BCUT2D eigenvalue weighted by Gasteiger charge is 2.09. The first-order chi connectivity index (χ1) is 11.1. The number of amides is 1. The highest BCUT2D eigenvalue weighted by molar-refractivity contribution is 6.31. The van der Waals surface area contributed by atoms with E-state index in [1.54, 1.807) is 17.6 Å². The number of hydrogen-bond donors (Lipinski definition) is 2. The SMILES string of the molecule is C#CCN(Cc1ccc(C(=O)NO)cc1)Cc1ccccc1Cl. The third-order valence-electron chi connectivity index (χ3n) is 3.39. The summed E-state index contributed by atoms with van der Waals surface area (Å²) >= 11 is 6.20. The van der Waals surface area contributed by atoms with Gasteiger partial charge < -0.3 is 0 Å². The van der Waals surface area contributed by atoms with Crippen LogP contribution in [0.4, 0.5) is 0 Å². The fourth-order valence-electron chi connectivity index (χ4n) is 2.25. The normalized spacial score (nSPS) is 10.3. The van der Waals surface area contributed by atoms with E-state index in [1.807, 2.05) is 36.4 Å². The third kappa shape index (κ3) is 4.83. The number of carbonyl (C=O) groups is 1. The number of carbonyl (C=O) groups excluding carboxylic acids is 1. The minimum absolute atomic E-state index is 0.394. The lowest BCUT2D eigenvalue weighted by molar-refractivity contribution is 0.0706. The summed E-state index contributed by atoms with van der Waals surface area (Å²) in [6.07, 6.45) is 5.45. The van der Waals surface area contributed by atoms with E-state index in [9.17, 15) is 4.79 Å². The number of rotatable bonds is 6. The van der Waals surface area contributed by atoms with E-state index in [0.717, 1.165) is 11.1 Å². The number of benzene rings is 2. The summed E-state index contributed by atoms with van der Waals surface area (Å²) in [7, 11) is 0. The van der Waals surface area contributed by atoms with Gasteiger partial charge in [0, 0.05) is 23.7 Å². The van der Waals surface area contributed by atoms with Gasteiger partial charge in [-0.25, -0.2) is 5.48 Å². The van der Waals surface area contributed by atoms with Crippen LogP contribution in [0.2, 0.25) is 5.02 Å². The predicted octanol–water partition coefficient (Wildman–Crippen LogP) is 3.09. The van der Waals surface area contributed by atoms with Gasteiger partial charge in [-0.15, -0.1) is 6.42 Å². The van der Waals surface area contributed by atoms with E-state index in [-0.39, 0.29) is 0 Å². The zero-order chi connectivity index (χ0) is 16.7. The molecule has 0 radical (unpaired) electrons. The Bertz CT molecular complexity index is 708. The Labute approximate surface area is 140 Å². The zero-order valence-corrected chi connectivity index (χ0v) is 13.3. The number of hydroxylamine groups is 1. The summed E-state index contributed by atoms with van der Waals surface area (Å²) in [5.41, 5.74) is 4.03. The minimum atomic E-state index is -0.534. The molecule has 118 valence electrons. The Hall–Kier alpha value is -2.32. The van der Waals surface area contributed by atoms with Gasteiger partial charge >= 0.3 is 0 Å². The zero-order valence-electron chi connectivity index (χ0n) is 12.5. The molecule has 0 spiro atoms. The van der Waals surface area contributed by atoms with Crippen molar-refractivity contribution in [1.29, 1.82) is 0 Å². The first kappa shape index (κ1) is 17.0. The van der Waals surface area contributed by atoms with Gasteiger partial charge in [0.25, 0.3) is 5.91 Å². The molecule has 0 fully saturated rings. The monoisotopic (exact) mass is 328 g/mol. The number of terminal acetylenes is 1. The van der Waals surface area contributed by atoms with Crippen molar-refractivity contribution in [3.05, 3.63) is 70.2 Å². The lowest BCUT2D eigenvalue weighted by atomic mass is 10.1. The second-order valence-corrected chi connectivity index (χ2v) is 5.49. The molecule has 1 amide bonds. The summed E-state index contributed by atoms with van der Waals surface area (Å²) < 4.78 is 0. The van der Waals surface area contributed by atoms with Gasteiger partial charge in [-0.2, -0.15) is 0 Å². The molecule has 4 nitrogen and oxygen atoms in total. The Balaban J connectivity index is 2.09. The minimum Gasteiger partial charge on any atom is -0.288 e. The van der Waals surface area contributed by atoms with Crippen LogP contribution in [0.3, 0.4) is 0 Å². The van der Waals surface area contributed by atoms with Gasteiger partial charge in [-0.3, -0.25) is 14.9 Å². The van der Waals surface area contributed by atoms with Crippen molar-refractivity contribution in [1.82, 2.24) is 10.4 Å². The lowest BCUT2D eigenvalue weighted by Crippen LogP contribution is -2.23. The Morgan fingerprint density at radius 1 is 1.17 bits per heavy atom. The third-order valence-corrected chi connectivity index (χ3v) is 3.76.